The summed E-state index contributed by atoms with van der Waals surface area (Å²) in [6, 6.07) is 0. The largest absolute Gasteiger partial charge is 0.0988 e. The van der Waals surface area contributed by atoms with Crippen LogP contribution in [0.3, 0.4) is 0 Å². The van der Waals surface area contributed by atoms with E-state index in [1.165, 1.54) is 20.3 Å². The highest BCUT2D eigenvalue weighted by Crippen LogP contribution is 2.54. The first-order valence-corrected chi connectivity index (χ1v) is 6.67. The Labute approximate surface area is 112 Å². The summed E-state index contributed by atoms with van der Waals surface area (Å²) >= 11 is 2.40. The Kier molecular flexibility index (Phi) is 2.99. The van der Waals surface area contributed by atoms with E-state index in [1.807, 2.05) is 12.2 Å². The van der Waals surface area contributed by atoms with E-state index in [0.717, 1.165) is 6.42 Å². The van der Waals surface area contributed by atoms with Gasteiger partial charge in [0.25, 0.3) is 0 Å². The number of rotatable bonds is 2. The molecular formula is C15H17I. The van der Waals surface area contributed by atoms with E-state index in [-0.39, 0.29) is 5.41 Å². The molecule has 0 saturated heterocycles. The fourth-order valence-electron chi connectivity index (χ4n) is 2.91. The molecule has 1 unspecified atom stereocenters. The van der Waals surface area contributed by atoms with Gasteiger partial charge in [0.15, 0.2) is 0 Å². The third kappa shape index (κ3) is 1.56. The number of halogens is 1. The van der Waals surface area contributed by atoms with E-state index in [4.69, 9.17) is 0 Å². The second-order valence-corrected chi connectivity index (χ2v) is 6.12. The lowest BCUT2D eigenvalue weighted by Gasteiger charge is -2.27. The molecule has 0 amide bonds. The van der Waals surface area contributed by atoms with Gasteiger partial charge in [-0.1, -0.05) is 50.8 Å². The van der Waals surface area contributed by atoms with Crippen molar-refractivity contribution in [3.05, 3.63) is 57.8 Å². The molecule has 2 aliphatic rings. The summed E-state index contributed by atoms with van der Waals surface area (Å²) in [5.41, 5.74) is 4.34. The predicted molar refractivity (Wildman–Crippen MR) is 79.5 cm³/mol. The lowest BCUT2D eigenvalue weighted by atomic mass is 9.77. The van der Waals surface area contributed by atoms with Gasteiger partial charge >= 0.3 is 0 Å². The maximum atomic E-state index is 3.96. The van der Waals surface area contributed by atoms with Crippen LogP contribution in [0.25, 0.3) is 0 Å². The molecule has 0 spiro atoms. The lowest BCUT2D eigenvalue weighted by Crippen LogP contribution is -2.16. The van der Waals surface area contributed by atoms with Crippen molar-refractivity contribution in [3.8, 4) is 0 Å². The Morgan fingerprint density at radius 1 is 1.38 bits per heavy atom. The zero-order valence-corrected chi connectivity index (χ0v) is 12.0. The summed E-state index contributed by atoms with van der Waals surface area (Å²) in [6.45, 7) is 12.5. The molecule has 0 radical (unpaired) electrons. The zero-order chi connectivity index (χ0) is 11.9. The van der Waals surface area contributed by atoms with Crippen LogP contribution in [0.15, 0.2) is 57.8 Å². The molecule has 16 heavy (non-hydrogen) atoms. The first-order chi connectivity index (χ1) is 7.52. The average molecular weight is 324 g/mol. The highest BCUT2D eigenvalue weighted by molar-refractivity contribution is 14.1. The second-order valence-electron chi connectivity index (χ2n) is 4.88. The molecule has 0 bridgehead atoms. The predicted octanol–water partition coefficient (Wildman–Crippen LogP) is 4.96. The minimum Gasteiger partial charge on any atom is -0.0988 e. The van der Waals surface area contributed by atoms with Crippen LogP contribution in [0, 0.1) is 11.3 Å². The third-order valence-electron chi connectivity index (χ3n) is 3.72. The van der Waals surface area contributed by atoms with Crippen LogP contribution in [0.4, 0.5) is 0 Å². The van der Waals surface area contributed by atoms with E-state index in [1.54, 1.807) is 0 Å². The van der Waals surface area contributed by atoms with E-state index < -0.39 is 0 Å². The van der Waals surface area contributed by atoms with Crippen molar-refractivity contribution in [2.45, 2.75) is 20.3 Å². The fraction of sp³-hybridized carbons (Fsp3) is 0.333. The fourth-order valence-corrected chi connectivity index (χ4v) is 3.50. The molecule has 0 heterocycles. The van der Waals surface area contributed by atoms with Crippen LogP contribution in [-0.4, -0.2) is 0 Å². The van der Waals surface area contributed by atoms with Gasteiger partial charge in [-0.15, -0.1) is 0 Å². The maximum absolute atomic E-state index is 3.96. The summed E-state index contributed by atoms with van der Waals surface area (Å²) in [5, 5.41) is 0. The average Bonchev–Trinajstić information content (AvgIpc) is 2.46. The molecule has 2 aliphatic carbocycles. The van der Waals surface area contributed by atoms with Crippen molar-refractivity contribution < 1.29 is 0 Å². The van der Waals surface area contributed by atoms with Crippen molar-refractivity contribution in [2.24, 2.45) is 11.3 Å². The third-order valence-corrected chi connectivity index (χ3v) is 4.47. The van der Waals surface area contributed by atoms with Crippen molar-refractivity contribution in [2.75, 3.05) is 0 Å². The monoisotopic (exact) mass is 324 g/mol. The highest BCUT2D eigenvalue weighted by atomic mass is 127. The van der Waals surface area contributed by atoms with Crippen molar-refractivity contribution in [3.63, 3.8) is 0 Å². The molecule has 1 atom stereocenters. The van der Waals surface area contributed by atoms with E-state index in [9.17, 15) is 0 Å². The molecule has 84 valence electrons. The molecule has 0 aromatic rings. The minimum atomic E-state index is 0.112. The van der Waals surface area contributed by atoms with E-state index in [2.05, 4.69) is 61.7 Å². The van der Waals surface area contributed by atoms with Crippen molar-refractivity contribution >= 4 is 22.6 Å². The normalized spacial score (nSPS) is 27.1. The van der Waals surface area contributed by atoms with Gasteiger partial charge < -0.3 is 0 Å². The van der Waals surface area contributed by atoms with Gasteiger partial charge in [0.05, 0.1) is 0 Å². The molecule has 0 aromatic heterocycles. The molecule has 0 aliphatic heterocycles. The molecule has 0 saturated carbocycles. The van der Waals surface area contributed by atoms with Crippen LogP contribution in [0.2, 0.25) is 0 Å². The topological polar surface area (TPSA) is 0 Å². The van der Waals surface area contributed by atoms with Crippen LogP contribution in [-0.2, 0) is 0 Å². The van der Waals surface area contributed by atoms with E-state index in [0.29, 0.717) is 5.92 Å². The van der Waals surface area contributed by atoms with Crippen molar-refractivity contribution in [1.82, 2.24) is 0 Å². The molecule has 1 heteroatoms. The molecule has 0 fully saturated rings. The molecule has 0 aromatic carbocycles. The first-order valence-electron chi connectivity index (χ1n) is 5.59. The Bertz CT molecular complexity index is 444. The second kappa shape index (κ2) is 4.02. The molecule has 2 rings (SSSR count). The van der Waals surface area contributed by atoms with Crippen LogP contribution in [0.5, 0.6) is 0 Å². The van der Waals surface area contributed by atoms with Crippen LogP contribution >= 0.6 is 22.6 Å². The summed E-state index contributed by atoms with van der Waals surface area (Å²) in [4.78, 5) is 0. The summed E-state index contributed by atoms with van der Waals surface area (Å²) in [7, 11) is 0. The van der Waals surface area contributed by atoms with Gasteiger partial charge in [-0.3, -0.25) is 0 Å². The quantitative estimate of drug-likeness (QED) is 0.630. The standard InChI is InChI=1S/C15H17I/c1-5-11-12-8-7-10(16)9-14(12)15(3,4)13(11)6-2/h5-7,9,12H,1-2,8H2,3-4H3. The molecule has 0 N–H and O–H groups in total. The Morgan fingerprint density at radius 2 is 2.06 bits per heavy atom. The summed E-state index contributed by atoms with van der Waals surface area (Å²) < 4.78 is 1.35. The Balaban J connectivity index is 2.60. The number of fused-ring (bicyclic) bond motifs is 1. The SMILES string of the molecule is C=CC1=C(C=C)C(C)(C)C2=CC(I)=CCC21. The number of hydrogen-bond donors (Lipinski definition) is 0. The van der Waals surface area contributed by atoms with Gasteiger partial charge in [-0.2, -0.15) is 0 Å². The first kappa shape index (κ1) is 11.9. The van der Waals surface area contributed by atoms with Gasteiger partial charge in [0, 0.05) is 14.9 Å². The maximum Gasteiger partial charge on any atom is 0.0117 e. The van der Waals surface area contributed by atoms with Crippen molar-refractivity contribution in [1.29, 1.82) is 0 Å². The smallest absolute Gasteiger partial charge is 0.0117 e. The number of hydrogen-bond acceptors (Lipinski definition) is 0. The van der Waals surface area contributed by atoms with Crippen LogP contribution < -0.4 is 0 Å². The molecule has 0 nitrogen and oxygen atoms in total. The number of allylic oxidation sites excluding steroid dienone is 8. The highest BCUT2D eigenvalue weighted by Gasteiger charge is 2.41. The molecular weight excluding hydrogens is 307 g/mol. The zero-order valence-electron chi connectivity index (χ0n) is 9.89. The van der Waals surface area contributed by atoms with Gasteiger partial charge in [-0.25, -0.2) is 0 Å². The van der Waals surface area contributed by atoms with E-state index >= 15 is 0 Å². The van der Waals surface area contributed by atoms with Gasteiger partial charge in [0.2, 0.25) is 0 Å². The lowest BCUT2D eigenvalue weighted by molar-refractivity contribution is 0.529. The van der Waals surface area contributed by atoms with Gasteiger partial charge in [0.1, 0.15) is 0 Å². The minimum absolute atomic E-state index is 0.112. The van der Waals surface area contributed by atoms with Gasteiger partial charge in [-0.05, 0) is 46.2 Å². The Hall–Kier alpha value is -0.570. The Morgan fingerprint density at radius 3 is 2.62 bits per heavy atom. The summed E-state index contributed by atoms with van der Waals surface area (Å²) in [5.74, 6) is 0.527. The summed E-state index contributed by atoms with van der Waals surface area (Å²) in [6.07, 6.45) is 9.75. The van der Waals surface area contributed by atoms with Crippen LogP contribution in [0.1, 0.15) is 20.3 Å².